The van der Waals surface area contributed by atoms with Crippen LogP contribution in [0.15, 0.2) is 189 Å². The average Bonchev–Trinajstić information content (AvgIpc) is 3.21. The molecule has 11 rings (SSSR count). The van der Waals surface area contributed by atoms with Crippen LogP contribution < -0.4 is 16.4 Å². The van der Waals surface area contributed by atoms with Crippen molar-refractivity contribution in [2.75, 3.05) is 0 Å². The zero-order chi connectivity index (χ0) is 36.8. The number of rotatable bonds is 3. The first-order chi connectivity index (χ1) is 26.9. The topological polar surface area (TPSA) is 0 Å². The van der Waals surface area contributed by atoms with Gasteiger partial charge in [0.1, 0.15) is 0 Å². The largest absolute Gasteiger partial charge is 0.247 e. The van der Waals surface area contributed by atoms with E-state index >= 15 is 0 Å². The molecule has 0 saturated carbocycles. The van der Waals surface area contributed by atoms with E-state index in [1.807, 2.05) is 23.5 Å². The van der Waals surface area contributed by atoms with E-state index in [2.05, 4.69) is 191 Å². The van der Waals surface area contributed by atoms with E-state index in [-0.39, 0.29) is 12.1 Å². The van der Waals surface area contributed by atoms with E-state index in [0.29, 0.717) is 0 Å². The van der Waals surface area contributed by atoms with E-state index in [1.54, 1.807) is 0 Å². The van der Waals surface area contributed by atoms with Crippen LogP contribution >= 0.6 is 23.5 Å². The van der Waals surface area contributed by atoms with Crippen molar-refractivity contribution in [1.29, 1.82) is 0 Å². The molecule has 2 heterocycles. The number of benzene rings is 9. The van der Waals surface area contributed by atoms with E-state index in [0.717, 1.165) is 0 Å². The molecular formula is C52H37BS2. The Morgan fingerprint density at radius 3 is 1.60 bits per heavy atom. The molecule has 0 aromatic heterocycles. The molecule has 0 amide bonds. The van der Waals surface area contributed by atoms with Gasteiger partial charge in [0.05, 0.1) is 0 Å². The van der Waals surface area contributed by atoms with Crippen LogP contribution in [0.5, 0.6) is 0 Å². The van der Waals surface area contributed by atoms with Crippen LogP contribution in [0.25, 0.3) is 65.7 Å². The minimum absolute atomic E-state index is 0.0824. The molecule has 0 radical (unpaired) electrons. The van der Waals surface area contributed by atoms with Crippen molar-refractivity contribution in [1.82, 2.24) is 0 Å². The van der Waals surface area contributed by atoms with Crippen LogP contribution in [0.4, 0.5) is 0 Å². The van der Waals surface area contributed by atoms with E-state index in [4.69, 9.17) is 0 Å². The maximum absolute atomic E-state index is 2.50. The summed E-state index contributed by atoms with van der Waals surface area (Å²) in [5, 5.41) is 7.69. The Labute approximate surface area is 331 Å². The summed E-state index contributed by atoms with van der Waals surface area (Å²) in [5.74, 6) is 0. The SMILES string of the molecule is CC(C)(C)c1ccc2c(c1)Sc1cc(-c3c4ccccc4c(-c4ccc(-c5cccc6ccccc56)cc4)c4ccccc34)cc3c1B2c1ccccc1S3. The van der Waals surface area contributed by atoms with Crippen molar-refractivity contribution in [2.24, 2.45) is 0 Å². The molecule has 55 heavy (non-hydrogen) atoms. The molecule has 0 nitrogen and oxygen atoms in total. The smallest absolute Gasteiger partial charge is 0.0911 e. The third-order valence-corrected chi connectivity index (χ3v) is 14.0. The Morgan fingerprint density at radius 1 is 0.400 bits per heavy atom. The lowest BCUT2D eigenvalue weighted by Crippen LogP contribution is -2.58. The standard InChI is InChI=1S/C52H37BS2/c1-52(2,3)36-27-28-44-46(31-36)55-48-30-35(29-47-51(48)53(44)43-21-10-11-22-45(43)54-47)50-41-18-8-6-16-39(41)49(40-17-7-9-19-42(40)50)34-25-23-33(24-26-34)38-20-12-14-32-13-4-5-15-37(32)38/h4-31H,1-3H3. The highest BCUT2D eigenvalue weighted by molar-refractivity contribution is 8.01. The van der Waals surface area contributed by atoms with Crippen molar-refractivity contribution in [3.63, 3.8) is 0 Å². The molecule has 0 unspecified atom stereocenters. The summed E-state index contributed by atoms with van der Waals surface area (Å²) >= 11 is 3.90. The summed E-state index contributed by atoms with van der Waals surface area (Å²) in [7, 11) is 0. The fourth-order valence-electron chi connectivity index (χ4n) is 9.10. The van der Waals surface area contributed by atoms with Gasteiger partial charge in [-0.2, -0.15) is 0 Å². The van der Waals surface area contributed by atoms with Gasteiger partial charge >= 0.3 is 0 Å². The molecule has 0 fully saturated rings. The Kier molecular flexibility index (Phi) is 7.50. The van der Waals surface area contributed by atoms with Crippen LogP contribution in [0.3, 0.4) is 0 Å². The predicted molar refractivity (Wildman–Crippen MR) is 240 cm³/mol. The first-order valence-electron chi connectivity index (χ1n) is 19.2. The molecule has 0 saturated heterocycles. The fraction of sp³-hybridized carbons (Fsp3) is 0.0769. The lowest BCUT2D eigenvalue weighted by molar-refractivity contribution is 0.589. The average molecular weight is 737 g/mol. The van der Waals surface area contributed by atoms with E-state index in [9.17, 15) is 0 Å². The Hall–Kier alpha value is -5.48. The molecule has 2 aliphatic rings. The Balaban J connectivity index is 1.11. The molecule has 9 aromatic rings. The first-order valence-corrected chi connectivity index (χ1v) is 20.8. The van der Waals surface area contributed by atoms with Gasteiger partial charge in [-0.25, -0.2) is 0 Å². The van der Waals surface area contributed by atoms with Gasteiger partial charge in [-0.3, -0.25) is 0 Å². The van der Waals surface area contributed by atoms with Crippen molar-refractivity contribution in [2.45, 2.75) is 45.8 Å². The highest BCUT2D eigenvalue weighted by Crippen LogP contribution is 2.47. The quantitative estimate of drug-likeness (QED) is 0.131. The zero-order valence-corrected chi connectivity index (χ0v) is 32.7. The van der Waals surface area contributed by atoms with Gasteiger partial charge in [-0.1, -0.05) is 201 Å². The molecular weight excluding hydrogens is 700 g/mol. The molecule has 0 N–H and O–H groups in total. The van der Waals surface area contributed by atoms with Gasteiger partial charge in [0.25, 0.3) is 0 Å². The van der Waals surface area contributed by atoms with E-state index in [1.165, 1.54) is 107 Å². The molecule has 9 aromatic carbocycles. The van der Waals surface area contributed by atoms with Crippen molar-refractivity contribution >= 4 is 78.9 Å². The van der Waals surface area contributed by atoms with Gasteiger partial charge in [-0.05, 0) is 106 Å². The van der Waals surface area contributed by atoms with Crippen LogP contribution in [0.1, 0.15) is 26.3 Å². The third kappa shape index (κ3) is 5.24. The maximum Gasteiger partial charge on any atom is 0.247 e. The lowest BCUT2D eigenvalue weighted by Gasteiger charge is -2.34. The monoisotopic (exact) mass is 736 g/mol. The van der Waals surface area contributed by atoms with Crippen LogP contribution in [0, 0.1) is 0 Å². The van der Waals surface area contributed by atoms with Gasteiger partial charge < -0.3 is 0 Å². The summed E-state index contributed by atoms with van der Waals surface area (Å²) < 4.78 is 0. The van der Waals surface area contributed by atoms with Gasteiger partial charge in [0, 0.05) is 19.6 Å². The molecule has 0 bridgehead atoms. The number of hydrogen-bond acceptors (Lipinski definition) is 2. The summed E-state index contributed by atoms with van der Waals surface area (Å²) in [6, 6.07) is 63.9. The first kappa shape index (κ1) is 32.9. The molecule has 0 aliphatic carbocycles. The summed E-state index contributed by atoms with van der Waals surface area (Å²) in [5.41, 5.74) is 13.4. The lowest BCUT2D eigenvalue weighted by atomic mass is 9.36. The van der Waals surface area contributed by atoms with Crippen molar-refractivity contribution < 1.29 is 0 Å². The molecule has 3 heteroatoms. The van der Waals surface area contributed by atoms with Gasteiger partial charge in [0.15, 0.2) is 0 Å². The Morgan fingerprint density at radius 2 is 0.927 bits per heavy atom. The van der Waals surface area contributed by atoms with Crippen LogP contribution in [-0.2, 0) is 5.41 Å². The van der Waals surface area contributed by atoms with Gasteiger partial charge in [0.2, 0.25) is 6.71 Å². The van der Waals surface area contributed by atoms with Crippen molar-refractivity contribution in [3.8, 4) is 33.4 Å². The normalized spacial score (nSPS) is 13.2. The number of fused-ring (bicyclic) bond motifs is 7. The summed E-state index contributed by atoms with van der Waals surface area (Å²) in [6.07, 6.45) is 0. The van der Waals surface area contributed by atoms with E-state index < -0.39 is 0 Å². The summed E-state index contributed by atoms with van der Waals surface area (Å²) in [6.45, 7) is 7.18. The summed E-state index contributed by atoms with van der Waals surface area (Å²) in [4.78, 5) is 5.49. The van der Waals surface area contributed by atoms with Crippen molar-refractivity contribution in [3.05, 3.63) is 175 Å². The fourth-order valence-corrected chi connectivity index (χ4v) is 11.6. The second-order valence-corrected chi connectivity index (χ2v) is 18.2. The third-order valence-electron chi connectivity index (χ3n) is 11.7. The van der Waals surface area contributed by atoms with Gasteiger partial charge in [-0.15, -0.1) is 0 Å². The highest BCUT2D eigenvalue weighted by atomic mass is 32.2. The molecule has 260 valence electrons. The number of hydrogen-bond donors (Lipinski definition) is 0. The molecule has 0 atom stereocenters. The second kappa shape index (κ2) is 12.5. The van der Waals surface area contributed by atoms with Crippen LogP contribution in [-0.4, -0.2) is 6.71 Å². The molecule has 2 aliphatic heterocycles. The highest BCUT2D eigenvalue weighted by Gasteiger charge is 2.39. The molecule has 0 spiro atoms. The minimum atomic E-state index is 0.0824. The Bertz CT molecular complexity index is 2960. The van der Waals surface area contributed by atoms with Crippen LogP contribution in [0.2, 0.25) is 0 Å². The second-order valence-electron chi connectivity index (χ2n) is 16.0. The predicted octanol–water partition coefficient (Wildman–Crippen LogP) is 12.9. The zero-order valence-electron chi connectivity index (χ0n) is 31.1. The maximum atomic E-state index is 2.50. The minimum Gasteiger partial charge on any atom is -0.0911 e.